The van der Waals surface area contributed by atoms with Crippen molar-refractivity contribution in [3.05, 3.63) is 12.2 Å². The first-order valence-corrected chi connectivity index (χ1v) is 5.70. The standard InChI is InChI=1S/C11H21N3/c12-11-3-7-14(8-4-11)10-9-13-5-1-2-6-13/h1-2,11H,3-10,12H2. The molecule has 2 aliphatic heterocycles. The zero-order valence-corrected chi connectivity index (χ0v) is 8.86. The van der Waals surface area contributed by atoms with Crippen LogP contribution in [-0.4, -0.2) is 55.1 Å². The molecule has 0 aromatic carbocycles. The molecule has 2 rings (SSSR count). The monoisotopic (exact) mass is 195 g/mol. The average molecular weight is 195 g/mol. The van der Waals surface area contributed by atoms with E-state index in [0.29, 0.717) is 6.04 Å². The third kappa shape index (κ3) is 2.80. The Labute approximate surface area is 86.5 Å². The highest BCUT2D eigenvalue weighted by molar-refractivity contribution is 4.95. The third-order valence-electron chi connectivity index (χ3n) is 3.26. The largest absolute Gasteiger partial charge is 0.328 e. The molecule has 80 valence electrons. The molecule has 0 unspecified atom stereocenters. The Bertz CT molecular complexity index is 187. The fourth-order valence-electron chi connectivity index (χ4n) is 2.16. The van der Waals surface area contributed by atoms with E-state index in [2.05, 4.69) is 22.0 Å². The van der Waals surface area contributed by atoms with Crippen molar-refractivity contribution in [3.8, 4) is 0 Å². The summed E-state index contributed by atoms with van der Waals surface area (Å²) in [6.07, 6.45) is 6.87. The van der Waals surface area contributed by atoms with E-state index in [9.17, 15) is 0 Å². The van der Waals surface area contributed by atoms with Gasteiger partial charge in [-0.2, -0.15) is 0 Å². The summed E-state index contributed by atoms with van der Waals surface area (Å²) in [4.78, 5) is 5.02. The number of nitrogens with two attached hydrogens (primary N) is 1. The molecule has 2 aliphatic rings. The molecule has 2 heterocycles. The summed E-state index contributed by atoms with van der Waals surface area (Å²) < 4.78 is 0. The molecule has 1 fully saturated rings. The van der Waals surface area contributed by atoms with Crippen LogP contribution in [0.5, 0.6) is 0 Å². The molecule has 2 N–H and O–H groups in total. The molecule has 0 spiro atoms. The molecule has 1 saturated heterocycles. The van der Waals surface area contributed by atoms with Crippen LogP contribution in [0.15, 0.2) is 12.2 Å². The molecule has 0 radical (unpaired) electrons. The quantitative estimate of drug-likeness (QED) is 0.657. The van der Waals surface area contributed by atoms with Crippen molar-refractivity contribution in [3.63, 3.8) is 0 Å². The van der Waals surface area contributed by atoms with Crippen molar-refractivity contribution >= 4 is 0 Å². The predicted molar refractivity (Wildman–Crippen MR) is 59.2 cm³/mol. The molecule has 3 nitrogen and oxygen atoms in total. The van der Waals surface area contributed by atoms with E-state index in [1.165, 1.54) is 39.0 Å². The van der Waals surface area contributed by atoms with E-state index in [1.807, 2.05) is 0 Å². The zero-order valence-electron chi connectivity index (χ0n) is 8.86. The molecular formula is C11H21N3. The molecule has 0 aliphatic carbocycles. The molecule has 0 atom stereocenters. The number of likely N-dealkylation sites (tertiary alicyclic amines) is 1. The minimum absolute atomic E-state index is 0.458. The summed E-state index contributed by atoms with van der Waals surface area (Å²) in [5.41, 5.74) is 5.87. The maximum Gasteiger partial charge on any atom is 0.0167 e. The molecule has 0 amide bonds. The summed E-state index contributed by atoms with van der Waals surface area (Å²) in [6.45, 7) is 7.11. The number of rotatable bonds is 3. The topological polar surface area (TPSA) is 32.5 Å². The van der Waals surface area contributed by atoms with Crippen molar-refractivity contribution in [1.29, 1.82) is 0 Å². The number of hydrogen-bond donors (Lipinski definition) is 1. The summed E-state index contributed by atoms with van der Waals surface area (Å²) in [6, 6.07) is 0.458. The second-order valence-electron chi connectivity index (χ2n) is 4.41. The van der Waals surface area contributed by atoms with Crippen LogP contribution in [0.25, 0.3) is 0 Å². The second-order valence-corrected chi connectivity index (χ2v) is 4.41. The molecule has 0 saturated carbocycles. The van der Waals surface area contributed by atoms with Gasteiger partial charge in [-0.3, -0.25) is 4.90 Å². The van der Waals surface area contributed by atoms with Gasteiger partial charge in [0.25, 0.3) is 0 Å². The summed E-state index contributed by atoms with van der Waals surface area (Å²) in [5, 5.41) is 0. The number of nitrogens with zero attached hydrogens (tertiary/aromatic N) is 2. The van der Waals surface area contributed by atoms with Gasteiger partial charge in [0.05, 0.1) is 0 Å². The number of piperidine rings is 1. The minimum Gasteiger partial charge on any atom is -0.328 e. The molecule has 0 bridgehead atoms. The Balaban J connectivity index is 1.61. The van der Waals surface area contributed by atoms with Gasteiger partial charge in [0.1, 0.15) is 0 Å². The highest BCUT2D eigenvalue weighted by Crippen LogP contribution is 2.08. The van der Waals surface area contributed by atoms with E-state index >= 15 is 0 Å². The van der Waals surface area contributed by atoms with Crippen LogP contribution in [0.4, 0.5) is 0 Å². The number of hydrogen-bond acceptors (Lipinski definition) is 3. The third-order valence-corrected chi connectivity index (χ3v) is 3.26. The van der Waals surface area contributed by atoms with Gasteiger partial charge in [0.2, 0.25) is 0 Å². The van der Waals surface area contributed by atoms with Gasteiger partial charge in [-0.15, -0.1) is 0 Å². The zero-order chi connectivity index (χ0) is 9.80. The van der Waals surface area contributed by atoms with Crippen molar-refractivity contribution in [2.75, 3.05) is 39.3 Å². The van der Waals surface area contributed by atoms with E-state index < -0.39 is 0 Å². The van der Waals surface area contributed by atoms with Gasteiger partial charge in [-0.25, -0.2) is 0 Å². The lowest BCUT2D eigenvalue weighted by molar-refractivity contribution is 0.188. The van der Waals surface area contributed by atoms with Crippen molar-refractivity contribution < 1.29 is 0 Å². The second kappa shape index (κ2) is 4.91. The summed E-state index contributed by atoms with van der Waals surface area (Å²) in [5.74, 6) is 0. The van der Waals surface area contributed by atoms with Gasteiger partial charge >= 0.3 is 0 Å². The Hall–Kier alpha value is -0.380. The maximum atomic E-state index is 5.87. The van der Waals surface area contributed by atoms with Crippen LogP contribution < -0.4 is 5.73 Å². The Kier molecular flexibility index (Phi) is 3.56. The van der Waals surface area contributed by atoms with Gasteiger partial charge in [0, 0.05) is 32.2 Å². The lowest BCUT2D eigenvalue weighted by atomic mass is 10.1. The van der Waals surface area contributed by atoms with E-state index in [-0.39, 0.29) is 0 Å². The molecule has 0 aromatic heterocycles. The fourth-order valence-corrected chi connectivity index (χ4v) is 2.16. The smallest absolute Gasteiger partial charge is 0.0167 e. The first-order valence-electron chi connectivity index (χ1n) is 5.70. The van der Waals surface area contributed by atoms with Crippen LogP contribution in [-0.2, 0) is 0 Å². The molecular weight excluding hydrogens is 174 g/mol. The highest BCUT2D eigenvalue weighted by Gasteiger charge is 2.16. The normalized spacial score (nSPS) is 26.1. The fraction of sp³-hybridized carbons (Fsp3) is 0.818. The van der Waals surface area contributed by atoms with Crippen LogP contribution in [0.1, 0.15) is 12.8 Å². The first-order chi connectivity index (χ1) is 6.84. The van der Waals surface area contributed by atoms with Crippen LogP contribution in [0, 0.1) is 0 Å². The lowest BCUT2D eigenvalue weighted by Crippen LogP contribution is -2.42. The lowest BCUT2D eigenvalue weighted by Gasteiger charge is -2.31. The molecule has 3 heteroatoms. The average Bonchev–Trinajstić information content (AvgIpc) is 2.70. The summed E-state index contributed by atoms with van der Waals surface area (Å²) in [7, 11) is 0. The van der Waals surface area contributed by atoms with Crippen molar-refractivity contribution in [2.45, 2.75) is 18.9 Å². The first kappa shape index (κ1) is 10.1. The summed E-state index contributed by atoms with van der Waals surface area (Å²) >= 11 is 0. The van der Waals surface area contributed by atoms with E-state index in [0.717, 1.165) is 13.1 Å². The van der Waals surface area contributed by atoms with Crippen LogP contribution >= 0.6 is 0 Å². The SMILES string of the molecule is NC1CCN(CCN2CC=CC2)CC1. The Morgan fingerprint density at radius 1 is 1.00 bits per heavy atom. The Morgan fingerprint density at radius 3 is 2.21 bits per heavy atom. The predicted octanol–water partition coefficient (Wildman–Crippen LogP) is 0.281. The Morgan fingerprint density at radius 2 is 1.57 bits per heavy atom. The van der Waals surface area contributed by atoms with Gasteiger partial charge in [0.15, 0.2) is 0 Å². The van der Waals surface area contributed by atoms with Crippen molar-refractivity contribution in [2.24, 2.45) is 5.73 Å². The van der Waals surface area contributed by atoms with Crippen LogP contribution in [0.3, 0.4) is 0 Å². The maximum absolute atomic E-state index is 5.87. The van der Waals surface area contributed by atoms with E-state index in [4.69, 9.17) is 5.73 Å². The molecule has 14 heavy (non-hydrogen) atoms. The van der Waals surface area contributed by atoms with Crippen LogP contribution in [0.2, 0.25) is 0 Å². The van der Waals surface area contributed by atoms with Gasteiger partial charge in [-0.05, 0) is 25.9 Å². The van der Waals surface area contributed by atoms with Gasteiger partial charge in [-0.1, -0.05) is 12.2 Å². The van der Waals surface area contributed by atoms with Gasteiger partial charge < -0.3 is 10.6 Å². The molecule has 0 aromatic rings. The highest BCUT2D eigenvalue weighted by atomic mass is 15.2. The van der Waals surface area contributed by atoms with Crippen molar-refractivity contribution in [1.82, 2.24) is 9.80 Å². The minimum atomic E-state index is 0.458. The van der Waals surface area contributed by atoms with E-state index in [1.54, 1.807) is 0 Å².